The van der Waals surface area contributed by atoms with Crippen LogP contribution in [0.3, 0.4) is 0 Å². The molecule has 0 spiro atoms. The fourth-order valence-electron chi connectivity index (χ4n) is 2.33. The molecule has 98 valence electrons. The molecule has 1 aliphatic rings. The predicted molar refractivity (Wildman–Crippen MR) is 69.9 cm³/mol. The van der Waals surface area contributed by atoms with Crippen molar-refractivity contribution in [3.8, 4) is 5.75 Å². The summed E-state index contributed by atoms with van der Waals surface area (Å²) < 4.78 is 5.83. The van der Waals surface area contributed by atoms with E-state index in [2.05, 4.69) is 6.92 Å². The Bertz CT molecular complexity index is 437. The van der Waals surface area contributed by atoms with E-state index in [0.29, 0.717) is 5.75 Å². The van der Waals surface area contributed by atoms with Crippen LogP contribution in [0.5, 0.6) is 5.75 Å². The van der Waals surface area contributed by atoms with Crippen molar-refractivity contribution in [3.63, 3.8) is 0 Å². The Balaban J connectivity index is 2.05. The molecule has 0 aromatic heterocycles. The van der Waals surface area contributed by atoms with E-state index in [0.717, 1.165) is 18.8 Å². The third-order valence-electron chi connectivity index (χ3n) is 3.52. The first kappa shape index (κ1) is 12.7. The highest BCUT2D eigenvalue weighted by Gasteiger charge is 2.20. The fraction of sp³-hybridized carbons (Fsp3) is 0.500. The van der Waals surface area contributed by atoms with Gasteiger partial charge in [0.15, 0.2) is 0 Å². The average Bonchev–Trinajstić information content (AvgIpc) is 2.34. The summed E-state index contributed by atoms with van der Waals surface area (Å²) in [4.78, 5) is 11.0. The molecule has 4 nitrogen and oxygen atoms in total. The van der Waals surface area contributed by atoms with Gasteiger partial charge in [0.1, 0.15) is 5.75 Å². The number of carbonyl (C=O) groups is 1. The number of nitrogen functional groups attached to an aromatic ring is 1. The summed E-state index contributed by atoms with van der Waals surface area (Å²) in [5, 5.41) is 9.00. The van der Waals surface area contributed by atoms with Crippen molar-refractivity contribution in [2.24, 2.45) is 5.92 Å². The Hall–Kier alpha value is -1.71. The smallest absolute Gasteiger partial charge is 0.337 e. The Morgan fingerprint density at radius 1 is 1.33 bits per heavy atom. The van der Waals surface area contributed by atoms with Crippen LogP contribution >= 0.6 is 0 Å². The molecule has 0 unspecified atom stereocenters. The minimum atomic E-state index is -1.02. The molecule has 0 radical (unpaired) electrons. The Morgan fingerprint density at radius 2 is 2.00 bits per heavy atom. The molecule has 1 aliphatic carbocycles. The third-order valence-corrected chi connectivity index (χ3v) is 3.52. The molecule has 0 aliphatic heterocycles. The van der Waals surface area contributed by atoms with Crippen LogP contribution in [0.15, 0.2) is 18.2 Å². The van der Waals surface area contributed by atoms with Gasteiger partial charge in [-0.05, 0) is 49.8 Å². The summed E-state index contributed by atoms with van der Waals surface area (Å²) in [6.45, 7) is 2.25. The van der Waals surface area contributed by atoms with Crippen LogP contribution in [0, 0.1) is 5.92 Å². The molecule has 0 amide bonds. The van der Waals surface area contributed by atoms with Crippen LogP contribution in [-0.4, -0.2) is 17.2 Å². The topological polar surface area (TPSA) is 72.5 Å². The molecule has 0 heterocycles. The second kappa shape index (κ2) is 5.29. The average molecular weight is 249 g/mol. The number of anilines is 1. The summed E-state index contributed by atoms with van der Waals surface area (Å²) in [5.41, 5.74) is 5.98. The highest BCUT2D eigenvalue weighted by atomic mass is 16.5. The lowest BCUT2D eigenvalue weighted by Crippen LogP contribution is -2.23. The maximum atomic E-state index is 11.0. The van der Waals surface area contributed by atoms with Gasteiger partial charge in [-0.2, -0.15) is 0 Å². The molecule has 0 bridgehead atoms. The van der Waals surface area contributed by atoms with Crippen molar-refractivity contribution in [3.05, 3.63) is 23.8 Å². The number of ether oxygens (including phenoxy) is 1. The summed E-state index contributed by atoms with van der Waals surface area (Å²) >= 11 is 0. The minimum Gasteiger partial charge on any atom is -0.490 e. The van der Waals surface area contributed by atoms with Crippen molar-refractivity contribution in [1.29, 1.82) is 0 Å². The lowest BCUT2D eigenvalue weighted by atomic mass is 9.89. The second-order valence-electron chi connectivity index (χ2n) is 5.05. The number of rotatable bonds is 3. The second-order valence-corrected chi connectivity index (χ2v) is 5.05. The standard InChI is InChI=1S/C14H19NO3/c1-9-2-4-10(5-3-9)18-11-6-7-13(15)12(8-11)14(16)17/h6-10H,2-5,15H2,1H3,(H,16,17). The summed E-state index contributed by atoms with van der Waals surface area (Å²) in [5.74, 6) is 0.349. The van der Waals surface area contributed by atoms with Crippen LogP contribution in [0.2, 0.25) is 0 Å². The van der Waals surface area contributed by atoms with E-state index >= 15 is 0 Å². The van der Waals surface area contributed by atoms with Gasteiger partial charge in [0.05, 0.1) is 11.7 Å². The molecule has 2 rings (SSSR count). The SMILES string of the molecule is CC1CCC(Oc2ccc(N)c(C(=O)O)c2)CC1. The highest BCUT2D eigenvalue weighted by molar-refractivity contribution is 5.94. The maximum Gasteiger partial charge on any atom is 0.337 e. The molecule has 0 saturated heterocycles. The molecule has 1 saturated carbocycles. The number of aromatic carboxylic acids is 1. The van der Waals surface area contributed by atoms with E-state index in [-0.39, 0.29) is 17.4 Å². The van der Waals surface area contributed by atoms with Crippen molar-refractivity contribution in [2.75, 3.05) is 5.73 Å². The number of nitrogens with two attached hydrogens (primary N) is 1. The van der Waals surface area contributed by atoms with E-state index < -0.39 is 5.97 Å². The fourth-order valence-corrected chi connectivity index (χ4v) is 2.33. The zero-order valence-corrected chi connectivity index (χ0v) is 10.6. The third kappa shape index (κ3) is 2.94. The first-order valence-electron chi connectivity index (χ1n) is 6.35. The first-order valence-corrected chi connectivity index (χ1v) is 6.35. The largest absolute Gasteiger partial charge is 0.490 e. The number of carboxylic acid groups (broad SMARTS) is 1. The van der Waals surface area contributed by atoms with Crippen molar-refractivity contribution in [1.82, 2.24) is 0 Å². The number of carboxylic acids is 1. The Morgan fingerprint density at radius 3 is 2.61 bits per heavy atom. The van der Waals surface area contributed by atoms with Gasteiger partial charge < -0.3 is 15.6 Å². The lowest BCUT2D eigenvalue weighted by Gasteiger charge is -2.27. The van der Waals surface area contributed by atoms with Crippen LogP contribution < -0.4 is 10.5 Å². The van der Waals surface area contributed by atoms with Gasteiger partial charge in [0.2, 0.25) is 0 Å². The molecule has 18 heavy (non-hydrogen) atoms. The summed E-state index contributed by atoms with van der Waals surface area (Å²) in [7, 11) is 0. The van der Waals surface area contributed by atoms with Gasteiger partial charge in [-0.15, -0.1) is 0 Å². The number of benzene rings is 1. The van der Waals surface area contributed by atoms with E-state index in [1.165, 1.54) is 18.9 Å². The van der Waals surface area contributed by atoms with Crippen molar-refractivity contribution in [2.45, 2.75) is 38.7 Å². The van der Waals surface area contributed by atoms with Crippen LogP contribution in [0.25, 0.3) is 0 Å². The zero-order chi connectivity index (χ0) is 13.1. The van der Waals surface area contributed by atoms with Crippen molar-refractivity contribution < 1.29 is 14.6 Å². The van der Waals surface area contributed by atoms with E-state index in [1.54, 1.807) is 12.1 Å². The quantitative estimate of drug-likeness (QED) is 0.808. The molecule has 1 aromatic carbocycles. The van der Waals surface area contributed by atoms with Gasteiger partial charge >= 0.3 is 5.97 Å². The first-order chi connectivity index (χ1) is 8.56. The predicted octanol–water partition coefficient (Wildman–Crippen LogP) is 2.92. The van der Waals surface area contributed by atoms with Gasteiger partial charge in [0.25, 0.3) is 0 Å². The van der Waals surface area contributed by atoms with Crippen LogP contribution in [0.4, 0.5) is 5.69 Å². The Kier molecular flexibility index (Phi) is 3.75. The molecule has 1 aromatic rings. The zero-order valence-electron chi connectivity index (χ0n) is 10.6. The number of hydrogen-bond donors (Lipinski definition) is 2. The summed E-state index contributed by atoms with van der Waals surface area (Å²) in [6.07, 6.45) is 4.62. The van der Waals surface area contributed by atoms with Gasteiger partial charge in [-0.3, -0.25) is 0 Å². The van der Waals surface area contributed by atoms with Gasteiger partial charge in [0, 0.05) is 5.69 Å². The normalized spacial score (nSPS) is 23.6. The van der Waals surface area contributed by atoms with E-state index in [4.69, 9.17) is 15.6 Å². The molecule has 3 N–H and O–H groups in total. The molecular weight excluding hydrogens is 230 g/mol. The maximum absolute atomic E-state index is 11.0. The Labute approximate surface area is 107 Å². The van der Waals surface area contributed by atoms with Crippen molar-refractivity contribution >= 4 is 11.7 Å². The number of hydrogen-bond acceptors (Lipinski definition) is 3. The molecular formula is C14H19NO3. The molecule has 0 atom stereocenters. The minimum absolute atomic E-state index is 0.108. The lowest BCUT2D eigenvalue weighted by molar-refractivity contribution is 0.0696. The van der Waals surface area contributed by atoms with E-state index in [1.807, 2.05) is 0 Å². The van der Waals surface area contributed by atoms with E-state index in [9.17, 15) is 4.79 Å². The molecule has 4 heteroatoms. The molecule has 1 fully saturated rings. The van der Waals surface area contributed by atoms with Gasteiger partial charge in [-0.1, -0.05) is 6.92 Å². The van der Waals surface area contributed by atoms with Crippen LogP contribution in [-0.2, 0) is 0 Å². The highest BCUT2D eigenvalue weighted by Crippen LogP contribution is 2.28. The summed E-state index contributed by atoms with van der Waals surface area (Å²) in [6, 6.07) is 4.83. The van der Waals surface area contributed by atoms with Gasteiger partial charge in [-0.25, -0.2) is 4.79 Å². The van der Waals surface area contributed by atoms with Crippen LogP contribution in [0.1, 0.15) is 43.0 Å². The monoisotopic (exact) mass is 249 g/mol.